The molecule has 1 heterocycles. The van der Waals surface area contributed by atoms with Gasteiger partial charge in [-0.05, 0) is 37.3 Å². The first kappa shape index (κ1) is 11.5. The number of benzene rings is 2. The van der Waals surface area contributed by atoms with E-state index in [1.807, 2.05) is 37.3 Å². The highest BCUT2D eigenvalue weighted by Crippen LogP contribution is 2.14. The molecule has 0 fully saturated rings. The first-order valence-electron chi connectivity index (χ1n) is 6.01. The molecule has 0 radical (unpaired) electrons. The van der Waals surface area contributed by atoms with E-state index in [0.29, 0.717) is 22.4 Å². The van der Waals surface area contributed by atoms with Crippen LogP contribution in [0.3, 0.4) is 0 Å². The van der Waals surface area contributed by atoms with E-state index < -0.39 is 0 Å². The fourth-order valence-electron chi connectivity index (χ4n) is 2.21. The van der Waals surface area contributed by atoms with Crippen molar-refractivity contribution in [2.75, 3.05) is 5.73 Å². The number of nitrogens with zero attached hydrogens (tertiary/aromatic N) is 2. The van der Waals surface area contributed by atoms with E-state index in [2.05, 4.69) is 4.98 Å². The van der Waals surface area contributed by atoms with Crippen molar-refractivity contribution < 1.29 is 0 Å². The van der Waals surface area contributed by atoms with Gasteiger partial charge in [-0.2, -0.15) is 0 Å². The highest BCUT2D eigenvalue weighted by atomic mass is 16.1. The molecule has 0 bridgehead atoms. The van der Waals surface area contributed by atoms with Crippen molar-refractivity contribution in [3.8, 4) is 5.69 Å². The van der Waals surface area contributed by atoms with Crippen LogP contribution in [0.15, 0.2) is 53.3 Å². The quantitative estimate of drug-likeness (QED) is 0.675. The van der Waals surface area contributed by atoms with Gasteiger partial charge in [-0.3, -0.25) is 9.36 Å². The van der Waals surface area contributed by atoms with Crippen LogP contribution in [0.25, 0.3) is 16.6 Å². The molecule has 0 spiro atoms. The highest BCUT2D eigenvalue weighted by Gasteiger charge is 2.09. The second kappa shape index (κ2) is 4.24. The second-order valence-electron chi connectivity index (χ2n) is 4.41. The minimum absolute atomic E-state index is 0.0753. The number of aromatic nitrogens is 2. The average Bonchev–Trinajstić information content (AvgIpc) is 2.39. The third kappa shape index (κ3) is 1.87. The van der Waals surface area contributed by atoms with Gasteiger partial charge in [0, 0.05) is 5.69 Å². The fourth-order valence-corrected chi connectivity index (χ4v) is 2.21. The molecule has 3 rings (SSSR count). The highest BCUT2D eigenvalue weighted by molar-refractivity contribution is 5.77. The lowest BCUT2D eigenvalue weighted by molar-refractivity contribution is 0.895. The maximum Gasteiger partial charge on any atom is 0.265 e. The summed E-state index contributed by atoms with van der Waals surface area (Å²) in [6.07, 6.45) is 0. The zero-order valence-corrected chi connectivity index (χ0v) is 10.5. The van der Waals surface area contributed by atoms with Crippen LogP contribution in [0, 0.1) is 6.92 Å². The molecule has 0 atom stereocenters. The van der Waals surface area contributed by atoms with E-state index in [1.54, 1.807) is 22.8 Å². The Morgan fingerprint density at radius 2 is 1.89 bits per heavy atom. The molecule has 3 aromatic rings. The summed E-state index contributed by atoms with van der Waals surface area (Å²) in [5.41, 5.74) is 7.77. The van der Waals surface area contributed by atoms with Crippen LogP contribution in [-0.4, -0.2) is 9.55 Å². The fraction of sp³-hybridized carbons (Fsp3) is 0.0667. The second-order valence-corrected chi connectivity index (χ2v) is 4.41. The first-order valence-corrected chi connectivity index (χ1v) is 6.01. The largest absolute Gasteiger partial charge is 0.399 e. The average molecular weight is 251 g/mol. The van der Waals surface area contributed by atoms with Gasteiger partial charge in [0.1, 0.15) is 5.82 Å². The Morgan fingerprint density at radius 1 is 1.11 bits per heavy atom. The molecule has 0 aliphatic carbocycles. The number of nitrogen functional groups attached to an aromatic ring is 1. The van der Waals surface area contributed by atoms with Gasteiger partial charge in [-0.15, -0.1) is 0 Å². The lowest BCUT2D eigenvalue weighted by Crippen LogP contribution is -2.22. The van der Waals surface area contributed by atoms with Crippen molar-refractivity contribution in [1.82, 2.24) is 9.55 Å². The van der Waals surface area contributed by atoms with Crippen LogP contribution in [0.5, 0.6) is 0 Å². The van der Waals surface area contributed by atoms with Gasteiger partial charge in [0.15, 0.2) is 0 Å². The van der Waals surface area contributed by atoms with Gasteiger partial charge in [-0.25, -0.2) is 4.98 Å². The predicted molar refractivity (Wildman–Crippen MR) is 76.5 cm³/mol. The number of aryl methyl sites for hydroxylation is 1. The number of nitrogens with two attached hydrogens (primary N) is 1. The van der Waals surface area contributed by atoms with E-state index in [9.17, 15) is 4.79 Å². The molecule has 19 heavy (non-hydrogen) atoms. The molecule has 4 nitrogen and oxygen atoms in total. The lowest BCUT2D eigenvalue weighted by atomic mass is 10.2. The van der Waals surface area contributed by atoms with Crippen LogP contribution < -0.4 is 11.3 Å². The van der Waals surface area contributed by atoms with E-state index in [-0.39, 0.29) is 5.56 Å². The van der Waals surface area contributed by atoms with Gasteiger partial charge in [0.25, 0.3) is 5.56 Å². The third-order valence-corrected chi connectivity index (χ3v) is 3.07. The van der Waals surface area contributed by atoms with Crippen molar-refractivity contribution >= 4 is 16.6 Å². The molecule has 2 N–H and O–H groups in total. The summed E-state index contributed by atoms with van der Waals surface area (Å²) in [5, 5.41) is 0.607. The van der Waals surface area contributed by atoms with Crippen molar-refractivity contribution in [3.05, 3.63) is 64.7 Å². The van der Waals surface area contributed by atoms with Gasteiger partial charge < -0.3 is 5.73 Å². The van der Waals surface area contributed by atoms with Gasteiger partial charge in [0.05, 0.1) is 16.6 Å². The summed E-state index contributed by atoms with van der Waals surface area (Å²) in [6, 6.07) is 14.6. The molecule has 0 saturated heterocycles. The molecule has 2 aromatic carbocycles. The van der Waals surface area contributed by atoms with Crippen molar-refractivity contribution in [3.63, 3.8) is 0 Å². The Balaban J connectivity index is 2.39. The number of hydrogen-bond donors (Lipinski definition) is 1. The minimum atomic E-state index is -0.0753. The topological polar surface area (TPSA) is 60.9 Å². The van der Waals surface area contributed by atoms with Crippen LogP contribution in [0.2, 0.25) is 0 Å². The van der Waals surface area contributed by atoms with Crippen molar-refractivity contribution in [1.29, 1.82) is 0 Å². The number of hydrogen-bond acceptors (Lipinski definition) is 3. The Bertz CT molecular complexity index is 821. The molecular formula is C15H13N3O. The van der Waals surface area contributed by atoms with Gasteiger partial charge in [0.2, 0.25) is 0 Å². The Hall–Kier alpha value is -2.62. The van der Waals surface area contributed by atoms with Crippen LogP contribution >= 0.6 is 0 Å². The van der Waals surface area contributed by atoms with Crippen LogP contribution in [0.1, 0.15) is 5.82 Å². The zero-order chi connectivity index (χ0) is 13.4. The smallest absolute Gasteiger partial charge is 0.265 e. The summed E-state index contributed by atoms with van der Waals surface area (Å²) >= 11 is 0. The third-order valence-electron chi connectivity index (χ3n) is 3.07. The standard InChI is InChI=1S/C15H13N3O/c1-10-17-14-8-3-2-7-13(14)15(19)18(10)12-6-4-5-11(16)9-12/h2-9H,16H2,1H3. The number of para-hydroxylation sites is 1. The Kier molecular flexibility index (Phi) is 2.56. The van der Waals surface area contributed by atoms with E-state index in [0.717, 1.165) is 5.69 Å². The maximum atomic E-state index is 12.5. The monoisotopic (exact) mass is 251 g/mol. The molecule has 0 unspecified atom stereocenters. The Morgan fingerprint density at radius 3 is 2.68 bits per heavy atom. The van der Waals surface area contributed by atoms with Crippen LogP contribution in [-0.2, 0) is 0 Å². The lowest BCUT2D eigenvalue weighted by Gasteiger charge is -2.11. The summed E-state index contributed by atoms with van der Waals surface area (Å²) in [5.74, 6) is 0.648. The molecule has 0 aliphatic rings. The molecule has 0 saturated carbocycles. The molecule has 1 aromatic heterocycles. The first-order chi connectivity index (χ1) is 9.16. The molecule has 4 heteroatoms. The number of fused-ring (bicyclic) bond motifs is 1. The summed E-state index contributed by atoms with van der Waals surface area (Å²) in [6.45, 7) is 1.82. The van der Waals surface area contributed by atoms with Gasteiger partial charge in [-0.1, -0.05) is 18.2 Å². The van der Waals surface area contributed by atoms with Crippen LogP contribution in [0.4, 0.5) is 5.69 Å². The number of rotatable bonds is 1. The van der Waals surface area contributed by atoms with Crippen molar-refractivity contribution in [2.24, 2.45) is 0 Å². The predicted octanol–water partition coefficient (Wildman–Crippen LogP) is 2.28. The SMILES string of the molecule is Cc1nc2ccccc2c(=O)n1-c1cccc(N)c1. The van der Waals surface area contributed by atoms with Crippen molar-refractivity contribution in [2.45, 2.75) is 6.92 Å². The molecule has 0 amide bonds. The summed E-state index contributed by atoms with van der Waals surface area (Å²) < 4.78 is 1.58. The summed E-state index contributed by atoms with van der Waals surface area (Å²) in [4.78, 5) is 17.0. The van der Waals surface area contributed by atoms with Gasteiger partial charge >= 0.3 is 0 Å². The maximum absolute atomic E-state index is 12.5. The molecule has 94 valence electrons. The number of anilines is 1. The molecular weight excluding hydrogens is 238 g/mol. The molecule has 0 aliphatic heterocycles. The minimum Gasteiger partial charge on any atom is -0.399 e. The van der Waals surface area contributed by atoms with E-state index in [1.165, 1.54) is 0 Å². The summed E-state index contributed by atoms with van der Waals surface area (Å²) in [7, 11) is 0. The van der Waals surface area contributed by atoms with E-state index >= 15 is 0 Å². The normalized spacial score (nSPS) is 10.8. The zero-order valence-electron chi connectivity index (χ0n) is 10.5. The Labute approximate surface area is 110 Å². The van der Waals surface area contributed by atoms with E-state index in [4.69, 9.17) is 5.73 Å².